The fraction of sp³-hybridized carbons (Fsp3) is 0.625. The van der Waals surface area contributed by atoms with E-state index in [1.807, 2.05) is 6.92 Å². The molecule has 0 aliphatic rings. The van der Waals surface area contributed by atoms with Gasteiger partial charge in [-0.2, -0.15) is 0 Å². The van der Waals surface area contributed by atoms with Gasteiger partial charge in [-0.05, 0) is 69.2 Å². The van der Waals surface area contributed by atoms with Crippen LogP contribution in [0.2, 0.25) is 0 Å². The molecule has 0 saturated carbocycles. The summed E-state index contributed by atoms with van der Waals surface area (Å²) in [6.45, 7) is 11.4. The zero-order chi connectivity index (χ0) is 13.7. The van der Waals surface area contributed by atoms with Crippen molar-refractivity contribution in [1.29, 1.82) is 0 Å². The summed E-state index contributed by atoms with van der Waals surface area (Å²) >= 11 is 0. The summed E-state index contributed by atoms with van der Waals surface area (Å²) in [5.41, 5.74) is 9.88. The lowest BCUT2D eigenvalue weighted by Gasteiger charge is -2.19. The number of hydrogen-bond donors (Lipinski definition) is 1. The summed E-state index contributed by atoms with van der Waals surface area (Å²) < 4.78 is 5.63. The Morgan fingerprint density at radius 1 is 1.11 bits per heavy atom. The third-order valence-corrected chi connectivity index (χ3v) is 3.67. The molecule has 1 aromatic rings. The van der Waals surface area contributed by atoms with Crippen LogP contribution in [0.15, 0.2) is 12.1 Å². The molecule has 0 aliphatic heterocycles. The summed E-state index contributed by atoms with van der Waals surface area (Å²) in [5.74, 6) is 1.57. The van der Waals surface area contributed by atoms with Crippen molar-refractivity contribution < 1.29 is 4.74 Å². The lowest BCUT2D eigenvalue weighted by molar-refractivity contribution is 0.337. The Hall–Kier alpha value is -1.02. The molecule has 0 aromatic heterocycles. The normalized spacial score (nSPS) is 14.3. The smallest absolute Gasteiger partial charge is 0.122 e. The van der Waals surface area contributed by atoms with Crippen LogP contribution in [0.4, 0.5) is 0 Å². The highest BCUT2D eigenvalue weighted by atomic mass is 16.5. The van der Waals surface area contributed by atoms with Gasteiger partial charge in [0.05, 0.1) is 6.61 Å². The van der Waals surface area contributed by atoms with Crippen molar-refractivity contribution in [2.75, 3.05) is 6.61 Å². The number of nitrogens with two attached hydrogens (primary N) is 1. The minimum absolute atomic E-state index is 0.288. The minimum Gasteiger partial charge on any atom is -0.494 e. The Labute approximate surface area is 112 Å². The predicted molar refractivity (Wildman–Crippen MR) is 78.4 cm³/mol. The van der Waals surface area contributed by atoms with Gasteiger partial charge in [-0.1, -0.05) is 13.0 Å². The van der Waals surface area contributed by atoms with Crippen LogP contribution in [0.5, 0.6) is 5.75 Å². The molecule has 2 nitrogen and oxygen atoms in total. The molecule has 0 heterocycles. The third kappa shape index (κ3) is 3.74. The fourth-order valence-corrected chi connectivity index (χ4v) is 2.33. The van der Waals surface area contributed by atoms with E-state index in [2.05, 4.69) is 39.8 Å². The first-order chi connectivity index (χ1) is 8.47. The maximum Gasteiger partial charge on any atom is 0.122 e. The average molecular weight is 249 g/mol. The van der Waals surface area contributed by atoms with Crippen LogP contribution in [0.1, 0.15) is 56.2 Å². The molecule has 0 amide bonds. The highest BCUT2D eigenvalue weighted by Crippen LogP contribution is 2.31. The topological polar surface area (TPSA) is 35.2 Å². The average Bonchev–Trinajstić information content (AvgIpc) is 2.32. The summed E-state index contributed by atoms with van der Waals surface area (Å²) in [5, 5.41) is 0. The van der Waals surface area contributed by atoms with E-state index in [1.54, 1.807) is 0 Å². The van der Waals surface area contributed by atoms with E-state index in [9.17, 15) is 0 Å². The molecule has 2 heteroatoms. The van der Waals surface area contributed by atoms with Crippen LogP contribution < -0.4 is 10.5 Å². The van der Waals surface area contributed by atoms with Crippen molar-refractivity contribution in [3.8, 4) is 5.75 Å². The van der Waals surface area contributed by atoms with Gasteiger partial charge in [0.15, 0.2) is 0 Å². The van der Waals surface area contributed by atoms with Gasteiger partial charge in [-0.3, -0.25) is 0 Å². The van der Waals surface area contributed by atoms with E-state index >= 15 is 0 Å². The fourth-order valence-electron chi connectivity index (χ4n) is 2.33. The Kier molecular flexibility index (Phi) is 5.67. The van der Waals surface area contributed by atoms with Crippen LogP contribution in [-0.2, 0) is 0 Å². The standard InChI is InChI=1S/C16H27NO/c1-6-18-16-10-9-15(13(4)14(16)5)11(2)7-8-12(3)17/h9-12H,6-8,17H2,1-5H3. The van der Waals surface area contributed by atoms with Crippen molar-refractivity contribution >= 4 is 0 Å². The second-order valence-electron chi connectivity index (χ2n) is 5.29. The zero-order valence-corrected chi connectivity index (χ0v) is 12.4. The Morgan fingerprint density at radius 3 is 2.33 bits per heavy atom. The number of hydrogen-bond acceptors (Lipinski definition) is 2. The predicted octanol–water partition coefficient (Wildman–Crippen LogP) is 3.93. The molecule has 0 saturated heterocycles. The van der Waals surface area contributed by atoms with Gasteiger partial charge in [-0.25, -0.2) is 0 Å². The van der Waals surface area contributed by atoms with Crippen molar-refractivity contribution in [2.45, 2.75) is 59.4 Å². The molecule has 0 bridgehead atoms. The maximum atomic E-state index is 5.83. The molecular weight excluding hydrogens is 222 g/mol. The molecule has 0 spiro atoms. The molecule has 2 atom stereocenters. The number of rotatable bonds is 6. The van der Waals surface area contributed by atoms with Crippen LogP contribution in [0.3, 0.4) is 0 Å². The van der Waals surface area contributed by atoms with Crippen LogP contribution in [0, 0.1) is 13.8 Å². The lowest BCUT2D eigenvalue weighted by atomic mass is 9.89. The van der Waals surface area contributed by atoms with E-state index in [-0.39, 0.29) is 6.04 Å². The van der Waals surface area contributed by atoms with E-state index < -0.39 is 0 Å². The molecule has 1 rings (SSSR count). The maximum absolute atomic E-state index is 5.83. The second kappa shape index (κ2) is 6.79. The van der Waals surface area contributed by atoms with E-state index in [0.717, 1.165) is 25.2 Å². The summed E-state index contributed by atoms with van der Waals surface area (Å²) in [4.78, 5) is 0. The van der Waals surface area contributed by atoms with Crippen LogP contribution in [-0.4, -0.2) is 12.6 Å². The number of benzene rings is 1. The largest absolute Gasteiger partial charge is 0.494 e. The summed E-state index contributed by atoms with van der Waals surface area (Å²) in [6, 6.07) is 4.60. The minimum atomic E-state index is 0.288. The molecule has 0 fully saturated rings. The Balaban J connectivity index is 2.87. The molecule has 2 N–H and O–H groups in total. The zero-order valence-electron chi connectivity index (χ0n) is 12.4. The van der Waals surface area contributed by atoms with Gasteiger partial charge >= 0.3 is 0 Å². The quantitative estimate of drug-likeness (QED) is 0.829. The lowest BCUT2D eigenvalue weighted by Crippen LogP contribution is -2.15. The monoisotopic (exact) mass is 249 g/mol. The van der Waals surface area contributed by atoms with E-state index in [0.29, 0.717) is 5.92 Å². The molecular formula is C16H27NO. The van der Waals surface area contributed by atoms with Crippen molar-refractivity contribution in [3.63, 3.8) is 0 Å². The van der Waals surface area contributed by atoms with Gasteiger partial charge < -0.3 is 10.5 Å². The first kappa shape index (κ1) is 15.0. The molecule has 0 radical (unpaired) electrons. The molecule has 0 aliphatic carbocycles. The molecule has 102 valence electrons. The van der Waals surface area contributed by atoms with Gasteiger partial charge in [0.25, 0.3) is 0 Å². The van der Waals surface area contributed by atoms with Crippen LogP contribution >= 0.6 is 0 Å². The first-order valence-electron chi connectivity index (χ1n) is 6.95. The van der Waals surface area contributed by atoms with E-state index in [4.69, 9.17) is 10.5 Å². The van der Waals surface area contributed by atoms with Crippen molar-refractivity contribution in [1.82, 2.24) is 0 Å². The summed E-state index contributed by atoms with van der Waals surface area (Å²) in [7, 11) is 0. The third-order valence-electron chi connectivity index (χ3n) is 3.67. The molecule has 18 heavy (non-hydrogen) atoms. The summed E-state index contributed by atoms with van der Waals surface area (Å²) in [6.07, 6.45) is 2.22. The van der Waals surface area contributed by atoms with Crippen molar-refractivity contribution in [3.05, 3.63) is 28.8 Å². The van der Waals surface area contributed by atoms with E-state index in [1.165, 1.54) is 16.7 Å². The SMILES string of the molecule is CCOc1ccc(C(C)CCC(C)N)c(C)c1C. The Bertz CT molecular complexity index is 385. The molecule has 2 unspecified atom stereocenters. The van der Waals surface area contributed by atoms with Gasteiger partial charge in [0.1, 0.15) is 5.75 Å². The number of ether oxygens (including phenoxy) is 1. The second-order valence-corrected chi connectivity index (χ2v) is 5.29. The Morgan fingerprint density at radius 2 is 1.78 bits per heavy atom. The van der Waals surface area contributed by atoms with Gasteiger partial charge in [0, 0.05) is 6.04 Å². The van der Waals surface area contributed by atoms with Gasteiger partial charge in [-0.15, -0.1) is 0 Å². The molecule has 1 aromatic carbocycles. The van der Waals surface area contributed by atoms with Gasteiger partial charge in [0.2, 0.25) is 0 Å². The highest BCUT2D eigenvalue weighted by Gasteiger charge is 2.13. The highest BCUT2D eigenvalue weighted by molar-refractivity contribution is 5.44. The van der Waals surface area contributed by atoms with Crippen molar-refractivity contribution in [2.24, 2.45) is 5.73 Å². The van der Waals surface area contributed by atoms with Crippen LogP contribution in [0.25, 0.3) is 0 Å². The first-order valence-corrected chi connectivity index (χ1v) is 6.95.